The van der Waals surface area contributed by atoms with E-state index in [1.165, 1.54) is 0 Å². The first-order chi connectivity index (χ1) is 12.1. The number of carbonyl (C=O) groups is 1. The normalized spacial score (nSPS) is 15.1. The number of fused-ring (bicyclic) bond motifs is 1. The molecule has 6 nitrogen and oxygen atoms in total. The summed E-state index contributed by atoms with van der Waals surface area (Å²) in [7, 11) is 0. The predicted molar refractivity (Wildman–Crippen MR) is 96.9 cm³/mol. The van der Waals surface area contributed by atoms with E-state index in [0.29, 0.717) is 16.4 Å². The molecule has 0 saturated carbocycles. The number of oxime groups is 1. The van der Waals surface area contributed by atoms with Crippen LogP contribution in [0.1, 0.15) is 11.1 Å². The maximum Gasteiger partial charge on any atom is 0.317 e. The number of halogens is 1. The van der Waals surface area contributed by atoms with Crippen LogP contribution in [0, 0.1) is 5.92 Å². The van der Waals surface area contributed by atoms with Crippen LogP contribution < -0.4 is 0 Å². The Morgan fingerprint density at radius 1 is 1.24 bits per heavy atom. The molecule has 2 aromatic rings. The van der Waals surface area contributed by atoms with Crippen molar-refractivity contribution in [3.05, 3.63) is 64.7 Å². The maximum atomic E-state index is 11.5. The molecule has 0 fully saturated rings. The number of benzene rings is 2. The Kier molecular flexibility index (Phi) is 4.90. The van der Waals surface area contributed by atoms with Gasteiger partial charge >= 0.3 is 5.97 Å². The number of aliphatic imine (C=N–C) groups is 2. The van der Waals surface area contributed by atoms with Gasteiger partial charge in [0, 0.05) is 16.1 Å². The Morgan fingerprint density at radius 2 is 2.00 bits per heavy atom. The number of hydrogen-bond acceptors (Lipinski definition) is 5. The number of nitrogens with zero attached hydrogens (tertiary/aromatic N) is 3. The number of hydrogen-bond donors (Lipinski definition) is 2. The fraction of sp³-hybridized carbons (Fsp3) is 0.111. The molecule has 2 N–H and O–H groups in total. The van der Waals surface area contributed by atoms with E-state index < -0.39 is 11.9 Å². The summed E-state index contributed by atoms with van der Waals surface area (Å²) in [5.41, 5.74) is 3.13. The van der Waals surface area contributed by atoms with Crippen molar-refractivity contribution in [1.29, 1.82) is 0 Å². The third kappa shape index (κ3) is 3.59. The minimum Gasteiger partial charge on any atom is -0.480 e. The Hall–Kier alpha value is -2.99. The highest BCUT2D eigenvalue weighted by molar-refractivity contribution is 6.31. The summed E-state index contributed by atoms with van der Waals surface area (Å²) < 4.78 is 0. The van der Waals surface area contributed by atoms with E-state index in [2.05, 4.69) is 15.1 Å². The molecular formula is C18H14ClN3O3. The van der Waals surface area contributed by atoms with E-state index in [1.807, 2.05) is 30.3 Å². The van der Waals surface area contributed by atoms with Crippen LogP contribution in [-0.2, 0) is 4.79 Å². The van der Waals surface area contributed by atoms with Crippen molar-refractivity contribution in [3.63, 3.8) is 0 Å². The van der Waals surface area contributed by atoms with E-state index in [9.17, 15) is 9.90 Å². The quantitative estimate of drug-likeness (QED) is 0.499. The van der Waals surface area contributed by atoms with Gasteiger partial charge in [0.2, 0.25) is 0 Å². The summed E-state index contributed by atoms with van der Waals surface area (Å²) in [6.07, 6.45) is 0.930. The van der Waals surface area contributed by atoms with Crippen LogP contribution in [0.15, 0.2) is 63.7 Å². The molecule has 1 aliphatic rings. The standard InChI is InChI=1S/C18H14ClN3O3/c19-12-6-7-15-13(8-12)17(11-4-2-1-3-5-11)20-10-16(22-15)14(9-21-25)18(23)24/h1-9,14,25H,10H2,(H,23,24)/b21-9-. The Balaban J connectivity index is 2.16. The molecule has 0 spiro atoms. The molecule has 0 amide bonds. The lowest BCUT2D eigenvalue weighted by molar-refractivity contribution is -0.137. The minimum atomic E-state index is -1.16. The first kappa shape index (κ1) is 16.9. The second-order valence-electron chi connectivity index (χ2n) is 5.38. The average molecular weight is 356 g/mol. The Labute approximate surface area is 148 Å². The molecule has 0 aliphatic carbocycles. The van der Waals surface area contributed by atoms with E-state index in [4.69, 9.17) is 16.8 Å². The molecule has 1 atom stereocenters. The number of carboxylic acids is 1. The molecule has 7 heteroatoms. The Morgan fingerprint density at radius 3 is 2.68 bits per heavy atom. The zero-order valence-electron chi connectivity index (χ0n) is 13.0. The fourth-order valence-electron chi connectivity index (χ4n) is 2.60. The van der Waals surface area contributed by atoms with Crippen molar-refractivity contribution >= 4 is 40.9 Å². The van der Waals surface area contributed by atoms with Crippen LogP contribution in [0.3, 0.4) is 0 Å². The van der Waals surface area contributed by atoms with Crippen molar-refractivity contribution < 1.29 is 15.1 Å². The van der Waals surface area contributed by atoms with E-state index >= 15 is 0 Å². The van der Waals surface area contributed by atoms with Gasteiger partial charge in [-0.1, -0.05) is 41.9 Å². The molecule has 2 aromatic carbocycles. The topological polar surface area (TPSA) is 94.6 Å². The van der Waals surface area contributed by atoms with Gasteiger partial charge in [-0.15, -0.1) is 5.16 Å². The highest BCUT2D eigenvalue weighted by atomic mass is 35.5. The van der Waals surface area contributed by atoms with Gasteiger partial charge in [-0.3, -0.25) is 14.8 Å². The van der Waals surface area contributed by atoms with Crippen LogP contribution in [0.2, 0.25) is 5.02 Å². The first-order valence-electron chi connectivity index (χ1n) is 7.47. The molecule has 25 heavy (non-hydrogen) atoms. The molecule has 0 bridgehead atoms. The lowest BCUT2D eigenvalue weighted by atomic mass is 10.0. The summed E-state index contributed by atoms with van der Waals surface area (Å²) in [5.74, 6) is -2.32. The van der Waals surface area contributed by atoms with Crippen LogP contribution in [-0.4, -0.2) is 40.5 Å². The maximum absolute atomic E-state index is 11.5. The van der Waals surface area contributed by atoms with Crippen LogP contribution in [0.25, 0.3) is 0 Å². The van der Waals surface area contributed by atoms with Gasteiger partial charge in [-0.25, -0.2) is 0 Å². The lowest BCUT2D eigenvalue weighted by Gasteiger charge is -2.08. The van der Waals surface area contributed by atoms with Crippen molar-refractivity contribution in [1.82, 2.24) is 0 Å². The van der Waals surface area contributed by atoms with Crippen LogP contribution in [0.4, 0.5) is 5.69 Å². The summed E-state index contributed by atoms with van der Waals surface area (Å²) in [5, 5.41) is 21.5. The van der Waals surface area contributed by atoms with Crippen LogP contribution in [0.5, 0.6) is 0 Å². The van der Waals surface area contributed by atoms with Crippen molar-refractivity contribution in [3.8, 4) is 0 Å². The molecular weight excluding hydrogens is 342 g/mol. The molecule has 1 unspecified atom stereocenters. The predicted octanol–water partition coefficient (Wildman–Crippen LogP) is 3.42. The summed E-state index contributed by atoms with van der Waals surface area (Å²) in [6.45, 7) is 0.0690. The highest BCUT2D eigenvalue weighted by Crippen LogP contribution is 2.29. The second kappa shape index (κ2) is 7.27. The van der Waals surface area contributed by atoms with Gasteiger partial charge in [-0.2, -0.15) is 0 Å². The van der Waals surface area contributed by atoms with Gasteiger partial charge in [0.15, 0.2) is 0 Å². The largest absolute Gasteiger partial charge is 0.480 e. The number of aliphatic carboxylic acids is 1. The minimum absolute atomic E-state index is 0.0690. The summed E-state index contributed by atoms with van der Waals surface area (Å²) in [6, 6.07) is 14.7. The monoisotopic (exact) mass is 355 g/mol. The fourth-order valence-corrected chi connectivity index (χ4v) is 2.77. The Bertz CT molecular complexity index is 892. The van der Waals surface area contributed by atoms with E-state index in [-0.39, 0.29) is 12.3 Å². The van der Waals surface area contributed by atoms with Crippen molar-refractivity contribution in [2.24, 2.45) is 21.1 Å². The molecule has 126 valence electrons. The molecule has 0 saturated heterocycles. The third-order valence-electron chi connectivity index (χ3n) is 3.76. The molecule has 1 heterocycles. The number of carboxylic acid groups (broad SMARTS) is 1. The molecule has 0 aromatic heterocycles. The van der Waals surface area contributed by atoms with Gasteiger partial charge in [0.05, 0.1) is 29.9 Å². The smallest absolute Gasteiger partial charge is 0.317 e. The van der Waals surface area contributed by atoms with Gasteiger partial charge in [0.25, 0.3) is 0 Å². The van der Waals surface area contributed by atoms with Gasteiger partial charge in [0.1, 0.15) is 5.92 Å². The van der Waals surface area contributed by atoms with Crippen molar-refractivity contribution in [2.45, 2.75) is 0 Å². The first-order valence-corrected chi connectivity index (χ1v) is 7.85. The summed E-state index contributed by atoms with van der Waals surface area (Å²) >= 11 is 6.13. The molecule has 3 rings (SSSR count). The van der Waals surface area contributed by atoms with E-state index in [1.54, 1.807) is 18.2 Å². The lowest BCUT2D eigenvalue weighted by Crippen LogP contribution is -2.27. The van der Waals surface area contributed by atoms with Gasteiger partial charge < -0.3 is 10.3 Å². The highest BCUT2D eigenvalue weighted by Gasteiger charge is 2.25. The van der Waals surface area contributed by atoms with Gasteiger partial charge in [-0.05, 0) is 18.2 Å². The van der Waals surface area contributed by atoms with Crippen molar-refractivity contribution in [2.75, 3.05) is 6.54 Å². The number of rotatable bonds is 4. The summed E-state index contributed by atoms with van der Waals surface area (Å²) in [4.78, 5) is 20.5. The zero-order valence-corrected chi connectivity index (χ0v) is 13.8. The average Bonchev–Trinajstić information content (AvgIpc) is 2.79. The SMILES string of the molecule is O=C(O)C(/C=N\O)C1=Nc2ccc(Cl)cc2C(c2ccccc2)=NC1. The third-order valence-corrected chi connectivity index (χ3v) is 4.00. The molecule has 0 radical (unpaired) electrons. The second-order valence-corrected chi connectivity index (χ2v) is 5.81. The van der Waals surface area contributed by atoms with Crippen LogP contribution >= 0.6 is 11.6 Å². The zero-order chi connectivity index (χ0) is 17.8. The van der Waals surface area contributed by atoms with E-state index in [0.717, 1.165) is 17.3 Å². The molecule has 1 aliphatic heterocycles.